The van der Waals surface area contributed by atoms with Crippen molar-refractivity contribution < 1.29 is 9.15 Å². The molecule has 3 heterocycles. The average Bonchev–Trinajstić information content (AvgIpc) is 2.85. The van der Waals surface area contributed by atoms with Gasteiger partial charge in [-0.15, -0.1) is 0 Å². The van der Waals surface area contributed by atoms with E-state index in [1.54, 1.807) is 6.26 Å². The fourth-order valence-electron chi connectivity index (χ4n) is 3.00. The van der Waals surface area contributed by atoms with E-state index in [4.69, 9.17) is 9.15 Å². The minimum absolute atomic E-state index is 0.457. The maximum absolute atomic E-state index is 5.94. The third kappa shape index (κ3) is 2.02. The van der Waals surface area contributed by atoms with Gasteiger partial charge in [-0.3, -0.25) is 4.90 Å². The fourth-order valence-corrected chi connectivity index (χ4v) is 3.00. The number of hydrogen-bond donors (Lipinski definition) is 0. The summed E-state index contributed by atoms with van der Waals surface area (Å²) in [5.74, 6) is 1.85. The molecule has 1 aromatic heterocycles. The molecule has 0 aliphatic carbocycles. The zero-order chi connectivity index (χ0) is 11.0. The van der Waals surface area contributed by atoms with E-state index in [1.165, 1.54) is 19.4 Å². The summed E-state index contributed by atoms with van der Waals surface area (Å²) in [6, 6.07) is 4.00. The van der Waals surface area contributed by atoms with Crippen LogP contribution in [0, 0.1) is 5.92 Å². The van der Waals surface area contributed by atoms with Gasteiger partial charge < -0.3 is 9.15 Å². The molecule has 3 nitrogen and oxygen atoms in total. The van der Waals surface area contributed by atoms with Crippen LogP contribution < -0.4 is 0 Å². The minimum Gasteiger partial charge on any atom is -0.468 e. The topological polar surface area (TPSA) is 25.6 Å². The highest BCUT2D eigenvalue weighted by Gasteiger charge is 2.37. The Morgan fingerprint density at radius 2 is 2.44 bits per heavy atom. The van der Waals surface area contributed by atoms with E-state index < -0.39 is 0 Å². The van der Waals surface area contributed by atoms with E-state index in [2.05, 4.69) is 11.8 Å². The Bertz CT molecular complexity index is 336. The first-order chi connectivity index (χ1) is 7.81. The van der Waals surface area contributed by atoms with Crippen LogP contribution in [0.3, 0.4) is 0 Å². The first-order valence-electron chi connectivity index (χ1n) is 6.21. The van der Waals surface area contributed by atoms with Crippen molar-refractivity contribution >= 4 is 0 Å². The van der Waals surface area contributed by atoms with Crippen LogP contribution in [0.4, 0.5) is 0 Å². The Balaban J connectivity index is 1.59. The SMILES string of the molecule is C[C@H]1C[C@@H]2CCN(Cc3ccco3)C[C@H]2O1. The number of hydrogen-bond acceptors (Lipinski definition) is 3. The first kappa shape index (κ1) is 10.4. The first-order valence-corrected chi connectivity index (χ1v) is 6.21. The van der Waals surface area contributed by atoms with Gasteiger partial charge in [-0.25, -0.2) is 0 Å². The van der Waals surface area contributed by atoms with Crippen LogP contribution in [-0.2, 0) is 11.3 Å². The average molecular weight is 221 g/mol. The molecular formula is C13H19NO2. The molecule has 2 aliphatic rings. The molecule has 0 unspecified atom stereocenters. The second-order valence-electron chi connectivity index (χ2n) is 5.08. The lowest BCUT2D eigenvalue weighted by molar-refractivity contribution is -0.00424. The molecule has 2 aliphatic heterocycles. The van der Waals surface area contributed by atoms with E-state index in [1.807, 2.05) is 12.1 Å². The number of rotatable bonds is 2. The van der Waals surface area contributed by atoms with Gasteiger partial charge in [-0.05, 0) is 44.4 Å². The van der Waals surface area contributed by atoms with Crippen LogP contribution in [0.15, 0.2) is 22.8 Å². The highest BCUT2D eigenvalue weighted by Crippen LogP contribution is 2.33. The number of furan rings is 1. The number of nitrogens with zero attached hydrogens (tertiary/aromatic N) is 1. The molecule has 1 aromatic rings. The maximum Gasteiger partial charge on any atom is 0.117 e. The molecule has 3 heteroatoms. The second kappa shape index (κ2) is 4.22. The Hall–Kier alpha value is -0.800. The monoisotopic (exact) mass is 221 g/mol. The van der Waals surface area contributed by atoms with Crippen molar-refractivity contribution in [2.24, 2.45) is 5.92 Å². The van der Waals surface area contributed by atoms with E-state index in [0.717, 1.165) is 24.8 Å². The lowest BCUT2D eigenvalue weighted by Crippen LogP contribution is -2.41. The van der Waals surface area contributed by atoms with Crippen molar-refractivity contribution in [1.82, 2.24) is 4.90 Å². The molecule has 0 radical (unpaired) electrons. The third-order valence-corrected chi connectivity index (χ3v) is 3.78. The molecular weight excluding hydrogens is 202 g/mol. The molecule has 2 fully saturated rings. The quantitative estimate of drug-likeness (QED) is 0.766. The molecule has 0 bridgehead atoms. The Labute approximate surface area is 96.4 Å². The Morgan fingerprint density at radius 3 is 3.25 bits per heavy atom. The van der Waals surface area contributed by atoms with Gasteiger partial charge >= 0.3 is 0 Å². The van der Waals surface area contributed by atoms with Crippen LogP contribution in [0.1, 0.15) is 25.5 Å². The van der Waals surface area contributed by atoms with Gasteiger partial charge in [-0.1, -0.05) is 0 Å². The van der Waals surface area contributed by atoms with Crippen molar-refractivity contribution in [2.45, 2.75) is 38.5 Å². The van der Waals surface area contributed by atoms with Crippen LogP contribution in [-0.4, -0.2) is 30.2 Å². The molecule has 0 saturated carbocycles. The predicted molar refractivity (Wildman–Crippen MR) is 61.0 cm³/mol. The summed E-state index contributed by atoms with van der Waals surface area (Å²) in [7, 11) is 0. The Morgan fingerprint density at radius 1 is 1.50 bits per heavy atom. The summed E-state index contributed by atoms with van der Waals surface area (Å²) in [6.07, 6.45) is 5.18. The predicted octanol–water partition coefficient (Wildman–Crippen LogP) is 2.28. The number of likely N-dealkylation sites (tertiary alicyclic amines) is 1. The molecule has 3 rings (SSSR count). The summed E-state index contributed by atoms with van der Waals surface area (Å²) in [6.45, 7) is 5.36. The molecule has 0 amide bonds. The standard InChI is InChI=1S/C13H19NO2/c1-10-7-11-4-5-14(9-13(11)16-10)8-12-3-2-6-15-12/h2-3,6,10-11,13H,4-5,7-9H2,1H3/t10-,11-,13+/m0/s1. The highest BCUT2D eigenvalue weighted by atomic mass is 16.5. The molecule has 0 N–H and O–H groups in total. The largest absolute Gasteiger partial charge is 0.468 e. The summed E-state index contributed by atoms with van der Waals surface area (Å²) in [5, 5.41) is 0. The van der Waals surface area contributed by atoms with E-state index in [-0.39, 0.29) is 0 Å². The van der Waals surface area contributed by atoms with E-state index in [9.17, 15) is 0 Å². The van der Waals surface area contributed by atoms with E-state index >= 15 is 0 Å². The minimum atomic E-state index is 0.457. The van der Waals surface area contributed by atoms with E-state index in [0.29, 0.717) is 12.2 Å². The van der Waals surface area contributed by atoms with Gasteiger partial charge in [0.15, 0.2) is 0 Å². The van der Waals surface area contributed by atoms with Gasteiger partial charge in [0.1, 0.15) is 5.76 Å². The molecule has 16 heavy (non-hydrogen) atoms. The van der Waals surface area contributed by atoms with Crippen LogP contribution in [0.25, 0.3) is 0 Å². The number of ether oxygens (including phenoxy) is 1. The molecule has 0 spiro atoms. The third-order valence-electron chi connectivity index (χ3n) is 3.78. The molecule has 88 valence electrons. The number of fused-ring (bicyclic) bond motifs is 1. The lowest BCUT2D eigenvalue weighted by atomic mass is 9.92. The van der Waals surface area contributed by atoms with Gasteiger partial charge in [0.2, 0.25) is 0 Å². The fraction of sp³-hybridized carbons (Fsp3) is 0.692. The van der Waals surface area contributed by atoms with Crippen LogP contribution >= 0.6 is 0 Å². The maximum atomic E-state index is 5.94. The highest BCUT2D eigenvalue weighted by molar-refractivity contribution is 4.99. The zero-order valence-corrected chi connectivity index (χ0v) is 9.76. The van der Waals surface area contributed by atoms with Gasteiger partial charge in [0.25, 0.3) is 0 Å². The van der Waals surface area contributed by atoms with Crippen LogP contribution in [0.2, 0.25) is 0 Å². The molecule has 0 aromatic carbocycles. The summed E-state index contributed by atoms with van der Waals surface area (Å²) in [5.41, 5.74) is 0. The van der Waals surface area contributed by atoms with Crippen molar-refractivity contribution in [3.63, 3.8) is 0 Å². The Kier molecular flexibility index (Phi) is 2.74. The van der Waals surface area contributed by atoms with Gasteiger partial charge in [-0.2, -0.15) is 0 Å². The number of piperidine rings is 1. The summed E-state index contributed by atoms with van der Waals surface area (Å²) < 4.78 is 11.3. The van der Waals surface area contributed by atoms with Crippen molar-refractivity contribution in [3.8, 4) is 0 Å². The van der Waals surface area contributed by atoms with Gasteiger partial charge in [0, 0.05) is 6.54 Å². The lowest BCUT2D eigenvalue weighted by Gasteiger charge is -2.33. The smallest absolute Gasteiger partial charge is 0.117 e. The van der Waals surface area contributed by atoms with Crippen molar-refractivity contribution in [2.75, 3.05) is 13.1 Å². The molecule has 3 atom stereocenters. The summed E-state index contributed by atoms with van der Waals surface area (Å²) in [4.78, 5) is 2.44. The summed E-state index contributed by atoms with van der Waals surface area (Å²) >= 11 is 0. The van der Waals surface area contributed by atoms with Crippen molar-refractivity contribution in [3.05, 3.63) is 24.2 Å². The zero-order valence-electron chi connectivity index (χ0n) is 9.76. The normalized spacial score (nSPS) is 35.2. The van der Waals surface area contributed by atoms with Gasteiger partial charge in [0.05, 0.1) is 25.0 Å². The second-order valence-corrected chi connectivity index (χ2v) is 5.08. The van der Waals surface area contributed by atoms with Crippen LogP contribution in [0.5, 0.6) is 0 Å². The van der Waals surface area contributed by atoms with Crippen molar-refractivity contribution in [1.29, 1.82) is 0 Å². The molecule has 2 saturated heterocycles.